The van der Waals surface area contributed by atoms with Gasteiger partial charge in [-0.05, 0) is 19.1 Å². The number of rotatable bonds is 2. The van der Waals surface area contributed by atoms with Crippen molar-refractivity contribution in [2.45, 2.75) is 13.0 Å². The zero-order valence-corrected chi connectivity index (χ0v) is 8.43. The zero-order chi connectivity index (χ0) is 11.1. The molecule has 0 radical (unpaired) electrons. The molecule has 78 valence electrons. The van der Waals surface area contributed by atoms with Gasteiger partial charge < -0.3 is 9.84 Å². The molecule has 1 aromatic carbocycles. The second kappa shape index (κ2) is 5.84. The molecule has 1 N–H and O–H groups in total. The van der Waals surface area contributed by atoms with Crippen molar-refractivity contribution in [3.63, 3.8) is 0 Å². The van der Waals surface area contributed by atoms with Gasteiger partial charge in [0.25, 0.3) is 0 Å². The second-order valence-corrected chi connectivity index (χ2v) is 2.79. The van der Waals surface area contributed by atoms with Gasteiger partial charge in [-0.15, -0.1) is 0 Å². The fourth-order valence-electron chi connectivity index (χ4n) is 0.953. The van der Waals surface area contributed by atoms with E-state index in [1.165, 1.54) is 0 Å². The van der Waals surface area contributed by atoms with E-state index in [1.807, 2.05) is 18.2 Å². The molecule has 0 spiro atoms. The summed E-state index contributed by atoms with van der Waals surface area (Å²) in [4.78, 5) is 11.0. The molecule has 0 fully saturated rings. The number of carbonyl (C=O) groups is 1. The molecule has 0 bridgehead atoms. The fraction of sp³-hybridized carbons (Fsp3) is 0.250. The highest BCUT2D eigenvalue weighted by Gasteiger charge is 2.11. The standard InChI is InChI=1S/C12H12O3/c1-2-15-12(14)11(13)9-8-10-6-4-3-5-7-10/h3-7,11,13H,2H2,1H3/t11-/m0/s1. The monoisotopic (exact) mass is 204 g/mol. The number of benzene rings is 1. The van der Waals surface area contributed by atoms with E-state index < -0.39 is 12.1 Å². The van der Waals surface area contributed by atoms with Crippen LogP contribution >= 0.6 is 0 Å². The zero-order valence-electron chi connectivity index (χ0n) is 8.43. The smallest absolute Gasteiger partial charge is 0.347 e. The lowest BCUT2D eigenvalue weighted by Gasteiger charge is -2.01. The van der Waals surface area contributed by atoms with Gasteiger partial charge in [-0.25, -0.2) is 4.79 Å². The van der Waals surface area contributed by atoms with Crippen LogP contribution in [0.2, 0.25) is 0 Å². The van der Waals surface area contributed by atoms with E-state index in [0.29, 0.717) is 0 Å². The molecule has 0 aliphatic heterocycles. The van der Waals surface area contributed by atoms with Crippen molar-refractivity contribution < 1.29 is 14.6 Å². The van der Waals surface area contributed by atoms with Gasteiger partial charge in [-0.1, -0.05) is 30.0 Å². The van der Waals surface area contributed by atoms with E-state index in [-0.39, 0.29) is 6.61 Å². The molecule has 0 aliphatic carbocycles. The predicted molar refractivity (Wildman–Crippen MR) is 56.0 cm³/mol. The Labute approximate surface area is 88.7 Å². The summed E-state index contributed by atoms with van der Waals surface area (Å²) in [6, 6.07) is 9.13. The molecule has 3 nitrogen and oxygen atoms in total. The lowest BCUT2D eigenvalue weighted by molar-refractivity contribution is -0.149. The van der Waals surface area contributed by atoms with Crippen LogP contribution in [-0.4, -0.2) is 23.8 Å². The largest absolute Gasteiger partial charge is 0.463 e. The van der Waals surface area contributed by atoms with Crippen molar-refractivity contribution >= 4 is 5.97 Å². The summed E-state index contributed by atoms with van der Waals surface area (Å²) < 4.78 is 4.60. The van der Waals surface area contributed by atoms with Crippen molar-refractivity contribution in [2.75, 3.05) is 6.61 Å². The Morgan fingerprint density at radius 1 is 1.47 bits per heavy atom. The Morgan fingerprint density at radius 2 is 2.13 bits per heavy atom. The van der Waals surface area contributed by atoms with Crippen LogP contribution in [0.4, 0.5) is 0 Å². The van der Waals surface area contributed by atoms with Gasteiger partial charge in [-0.2, -0.15) is 0 Å². The summed E-state index contributed by atoms with van der Waals surface area (Å²) in [5.41, 5.74) is 0.751. The van der Waals surface area contributed by atoms with E-state index >= 15 is 0 Å². The average molecular weight is 204 g/mol. The first-order chi connectivity index (χ1) is 7.24. The molecule has 0 heterocycles. The number of hydrogen-bond acceptors (Lipinski definition) is 3. The van der Waals surface area contributed by atoms with E-state index in [1.54, 1.807) is 19.1 Å². The predicted octanol–water partition coefficient (Wildman–Crippen LogP) is 0.962. The third kappa shape index (κ3) is 3.84. The van der Waals surface area contributed by atoms with Gasteiger partial charge in [0.1, 0.15) is 0 Å². The Balaban J connectivity index is 2.62. The number of ether oxygens (including phenoxy) is 1. The highest BCUT2D eigenvalue weighted by molar-refractivity contribution is 5.78. The molecule has 0 aromatic heterocycles. The SMILES string of the molecule is CCOC(=O)[C@@H](O)C#Cc1ccccc1. The minimum atomic E-state index is -1.37. The van der Waals surface area contributed by atoms with Gasteiger partial charge in [0.2, 0.25) is 6.10 Å². The molecule has 1 rings (SSSR count). The van der Waals surface area contributed by atoms with Crippen LogP contribution in [0.1, 0.15) is 12.5 Å². The summed E-state index contributed by atoms with van der Waals surface area (Å²) in [5, 5.41) is 9.26. The fourth-order valence-corrected chi connectivity index (χ4v) is 0.953. The van der Waals surface area contributed by atoms with E-state index in [0.717, 1.165) is 5.56 Å². The van der Waals surface area contributed by atoms with Crippen molar-refractivity contribution in [1.82, 2.24) is 0 Å². The summed E-state index contributed by atoms with van der Waals surface area (Å²) in [6.07, 6.45) is -1.37. The molecule has 0 saturated heterocycles. The molecule has 1 atom stereocenters. The highest BCUT2D eigenvalue weighted by Crippen LogP contribution is 1.95. The van der Waals surface area contributed by atoms with Crippen molar-refractivity contribution in [3.8, 4) is 11.8 Å². The third-order valence-electron chi connectivity index (χ3n) is 1.64. The Morgan fingerprint density at radius 3 is 2.73 bits per heavy atom. The van der Waals surface area contributed by atoms with Gasteiger partial charge in [-0.3, -0.25) is 0 Å². The maximum atomic E-state index is 11.0. The molecule has 3 heteroatoms. The number of carbonyl (C=O) groups excluding carboxylic acids is 1. The molecular weight excluding hydrogens is 192 g/mol. The topological polar surface area (TPSA) is 46.5 Å². The minimum Gasteiger partial charge on any atom is -0.463 e. The first kappa shape index (κ1) is 11.3. The summed E-state index contributed by atoms with van der Waals surface area (Å²) >= 11 is 0. The van der Waals surface area contributed by atoms with Crippen LogP contribution in [0.25, 0.3) is 0 Å². The molecule has 0 unspecified atom stereocenters. The molecule has 0 amide bonds. The van der Waals surface area contributed by atoms with Crippen LogP contribution < -0.4 is 0 Å². The van der Waals surface area contributed by atoms with Crippen molar-refractivity contribution in [2.24, 2.45) is 0 Å². The van der Waals surface area contributed by atoms with Crippen LogP contribution in [0.3, 0.4) is 0 Å². The third-order valence-corrected chi connectivity index (χ3v) is 1.64. The van der Waals surface area contributed by atoms with E-state index in [4.69, 9.17) is 0 Å². The van der Waals surface area contributed by atoms with Crippen LogP contribution in [0, 0.1) is 11.8 Å². The molecule has 1 aromatic rings. The first-order valence-electron chi connectivity index (χ1n) is 4.65. The number of aliphatic hydroxyl groups excluding tert-OH is 1. The Bertz CT molecular complexity index is 373. The second-order valence-electron chi connectivity index (χ2n) is 2.79. The average Bonchev–Trinajstić information content (AvgIpc) is 2.27. The Hall–Kier alpha value is -1.79. The van der Waals surface area contributed by atoms with Crippen molar-refractivity contribution in [1.29, 1.82) is 0 Å². The number of hydrogen-bond donors (Lipinski definition) is 1. The van der Waals surface area contributed by atoms with Gasteiger partial charge >= 0.3 is 5.97 Å². The number of esters is 1. The number of aliphatic hydroxyl groups is 1. The lowest BCUT2D eigenvalue weighted by atomic mass is 10.2. The molecular formula is C12H12O3. The van der Waals surface area contributed by atoms with Crippen LogP contribution in [-0.2, 0) is 9.53 Å². The van der Waals surface area contributed by atoms with E-state index in [9.17, 15) is 9.90 Å². The lowest BCUT2D eigenvalue weighted by Crippen LogP contribution is -2.21. The molecule has 15 heavy (non-hydrogen) atoms. The summed E-state index contributed by atoms with van der Waals surface area (Å²) in [7, 11) is 0. The van der Waals surface area contributed by atoms with Gasteiger partial charge in [0, 0.05) is 5.56 Å². The maximum Gasteiger partial charge on any atom is 0.347 e. The first-order valence-corrected chi connectivity index (χ1v) is 4.65. The Kier molecular flexibility index (Phi) is 4.39. The van der Waals surface area contributed by atoms with Crippen molar-refractivity contribution in [3.05, 3.63) is 35.9 Å². The van der Waals surface area contributed by atoms with Gasteiger partial charge in [0.05, 0.1) is 6.61 Å². The summed E-state index contributed by atoms with van der Waals surface area (Å²) in [6.45, 7) is 1.91. The van der Waals surface area contributed by atoms with Gasteiger partial charge in [0.15, 0.2) is 0 Å². The molecule has 0 aliphatic rings. The normalized spacial score (nSPS) is 11.1. The minimum absolute atomic E-state index is 0.239. The van der Waals surface area contributed by atoms with Crippen LogP contribution in [0.5, 0.6) is 0 Å². The molecule has 0 saturated carbocycles. The van der Waals surface area contributed by atoms with E-state index in [2.05, 4.69) is 16.6 Å². The van der Waals surface area contributed by atoms with Crippen LogP contribution in [0.15, 0.2) is 30.3 Å². The highest BCUT2D eigenvalue weighted by atomic mass is 16.5. The summed E-state index contributed by atoms with van der Waals surface area (Å²) in [5.74, 6) is 4.39. The quantitative estimate of drug-likeness (QED) is 0.576. The maximum absolute atomic E-state index is 11.0.